The summed E-state index contributed by atoms with van der Waals surface area (Å²) in [7, 11) is 0. The van der Waals surface area contributed by atoms with Crippen molar-refractivity contribution in [3.8, 4) is 0 Å². The summed E-state index contributed by atoms with van der Waals surface area (Å²) in [6, 6.07) is 1.88. The molecule has 3 rings (SSSR count). The van der Waals surface area contributed by atoms with Crippen LogP contribution in [0.15, 0.2) is 18.5 Å². The average Bonchev–Trinajstić information content (AvgIpc) is 3.21. The number of nitrogen functional groups attached to an aromatic ring is 1. The van der Waals surface area contributed by atoms with Gasteiger partial charge in [0, 0.05) is 30.9 Å². The average molecular weight is 289 g/mol. The van der Waals surface area contributed by atoms with Crippen LogP contribution in [0.2, 0.25) is 0 Å². The number of carbonyl (C=O) groups is 1. The van der Waals surface area contributed by atoms with E-state index in [9.17, 15) is 4.79 Å². The third kappa shape index (κ3) is 2.50. The van der Waals surface area contributed by atoms with Crippen molar-refractivity contribution in [3.63, 3.8) is 0 Å². The molecule has 1 amide bonds. The number of nitrogens with zero attached hydrogens (tertiary/aromatic N) is 2. The van der Waals surface area contributed by atoms with Crippen LogP contribution in [0.3, 0.4) is 0 Å². The summed E-state index contributed by atoms with van der Waals surface area (Å²) in [4.78, 5) is 19.5. The van der Waals surface area contributed by atoms with E-state index in [0.717, 1.165) is 29.6 Å². The predicted molar refractivity (Wildman–Crippen MR) is 83.0 cm³/mol. The lowest BCUT2D eigenvalue weighted by molar-refractivity contribution is 0.0753. The third-order valence-corrected chi connectivity index (χ3v) is 4.83. The van der Waals surface area contributed by atoms with E-state index >= 15 is 0 Å². The monoisotopic (exact) mass is 289 g/mol. The normalized spacial score (nSPS) is 14.7. The molecule has 1 fully saturated rings. The number of thiophene rings is 1. The maximum atomic E-state index is 12.7. The Morgan fingerprint density at radius 1 is 1.55 bits per heavy atom. The summed E-state index contributed by atoms with van der Waals surface area (Å²) >= 11 is 1.45. The summed E-state index contributed by atoms with van der Waals surface area (Å²) in [5, 5.41) is 0.941. The molecule has 2 aromatic rings. The second-order valence-corrected chi connectivity index (χ2v) is 6.46. The molecule has 2 N–H and O–H groups in total. The van der Waals surface area contributed by atoms with Crippen molar-refractivity contribution >= 4 is 33.0 Å². The Hall–Kier alpha value is -1.62. The number of nitrogens with two attached hydrogens (primary N) is 1. The van der Waals surface area contributed by atoms with Gasteiger partial charge in [-0.1, -0.05) is 6.92 Å². The van der Waals surface area contributed by atoms with E-state index in [1.807, 2.05) is 11.0 Å². The lowest BCUT2D eigenvalue weighted by atomic mass is 10.2. The number of hydrogen-bond donors (Lipinski definition) is 1. The van der Waals surface area contributed by atoms with Gasteiger partial charge in [0.05, 0.1) is 10.4 Å². The number of pyridine rings is 1. The highest BCUT2D eigenvalue weighted by Gasteiger charge is 2.28. The van der Waals surface area contributed by atoms with Crippen molar-refractivity contribution in [3.05, 3.63) is 23.3 Å². The minimum Gasteiger partial charge on any atom is -0.397 e. The summed E-state index contributed by atoms with van der Waals surface area (Å²) in [6.45, 7) is 3.78. The molecule has 0 saturated heterocycles. The molecule has 1 aliphatic carbocycles. The molecule has 106 valence electrons. The molecule has 0 atom stereocenters. The van der Waals surface area contributed by atoms with E-state index in [2.05, 4.69) is 11.9 Å². The number of carbonyl (C=O) groups excluding carboxylic acids is 1. The number of aromatic nitrogens is 1. The molecule has 0 aromatic carbocycles. The number of hydrogen-bond acceptors (Lipinski definition) is 4. The second-order valence-electron chi connectivity index (χ2n) is 5.41. The highest BCUT2D eigenvalue weighted by Crippen LogP contribution is 2.35. The van der Waals surface area contributed by atoms with Crippen LogP contribution in [0, 0.1) is 5.92 Å². The number of rotatable bonds is 5. The Kier molecular flexibility index (Phi) is 3.61. The van der Waals surface area contributed by atoms with Gasteiger partial charge in [0.2, 0.25) is 0 Å². The van der Waals surface area contributed by atoms with Crippen LogP contribution in [-0.4, -0.2) is 28.9 Å². The van der Waals surface area contributed by atoms with Crippen LogP contribution in [0.1, 0.15) is 35.9 Å². The molecule has 1 saturated carbocycles. The van der Waals surface area contributed by atoms with E-state index in [0.29, 0.717) is 16.5 Å². The Balaban J connectivity index is 1.91. The van der Waals surface area contributed by atoms with Crippen molar-refractivity contribution < 1.29 is 4.79 Å². The van der Waals surface area contributed by atoms with Crippen LogP contribution >= 0.6 is 11.3 Å². The molecular weight excluding hydrogens is 270 g/mol. The number of anilines is 1. The van der Waals surface area contributed by atoms with Gasteiger partial charge in [-0.15, -0.1) is 11.3 Å². The zero-order chi connectivity index (χ0) is 14.1. The third-order valence-electron chi connectivity index (χ3n) is 3.68. The van der Waals surface area contributed by atoms with Crippen LogP contribution < -0.4 is 5.73 Å². The van der Waals surface area contributed by atoms with Crippen molar-refractivity contribution in [1.29, 1.82) is 0 Å². The second kappa shape index (κ2) is 5.40. The van der Waals surface area contributed by atoms with Gasteiger partial charge in [-0.25, -0.2) is 0 Å². The van der Waals surface area contributed by atoms with Gasteiger partial charge in [-0.3, -0.25) is 9.78 Å². The van der Waals surface area contributed by atoms with Gasteiger partial charge in [-0.05, 0) is 31.2 Å². The quantitative estimate of drug-likeness (QED) is 0.920. The standard InChI is InChI=1S/C15H19N3OS/c1-2-7-18(9-10-3-4-10)15(19)14-13(16)11-5-6-17-8-12(11)20-14/h5-6,8,10H,2-4,7,9,16H2,1H3. The first kappa shape index (κ1) is 13.4. The Bertz CT molecular complexity index is 633. The SMILES string of the molecule is CCCN(CC1CC1)C(=O)c1sc2cnccc2c1N. The largest absolute Gasteiger partial charge is 0.397 e. The van der Waals surface area contributed by atoms with Gasteiger partial charge in [-0.2, -0.15) is 0 Å². The van der Waals surface area contributed by atoms with E-state index < -0.39 is 0 Å². The molecule has 5 heteroatoms. The molecule has 0 radical (unpaired) electrons. The molecule has 4 nitrogen and oxygen atoms in total. The first-order valence-electron chi connectivity index (χ1n) is 7.12. The minimum atomic E-state index is 0.0810. The van der Waals surface area contributed by atoms with E-state index in [1.165, 1.54) is 24.2 Å². The van der Waals surface area contributed by atoms with Gasteiger partial charge < -0.3 is 10.6 Å². The molecule has 1 aliphatic rings. The van der Waals surface area contributed by atoms with Crippen LogP contribution in [0.25, 0.3) is 10.1 Å². The fourth-order valence-electron chi connectivity index (χ4n) is 2.43. The van der Waals surface area contributed by atoms with Crippen molar-refractivity contribution in [2.45, 2.75) is 26.2 Å². The maximum Gasteiger partial charge on any atom is 0.266 e. The van der Waals surface area contributed by atoms with Crippen molar-refractivity contribution in [2.75, 3.05) is 18.8 Å². The Labute approximate surface area is 122 Å². The summed E-state index contributed by atoms with van der Waals surface area (Å²) < 4.78 is 0.983. The molecular formula is C15H19N3OS. The maximum absolute atomic E-state index is 12.7. The first-order chi connectivity index (χ1) is 9.70. The van der Waals surface area contributed by atoms with Gasteiger partial charge in [0.15, 0.2) is 0 Å². The van der Waals surface area contributed by atoms with E-state index in [4.69, 9.17) is 5.73 Å². The number of amides is 1. The topological polar surface area (TPSA) is 59.2 Å². The molecule has 0 spiro atoms. The van der Waals surface area contributed by atoms with Gasteiger partial charge >= 0.3 is 0 Å². The van der Waals surface area contributed by atoms with E-state index in [-0.39, 0.29) is 5.91 Å². The van der Waals surface area contributed by atoms with E-state index in [1.54, 1.807) is 12.4 Å². The van der Waals surface area contributed by atoms with Crippen molar-refractivity contribution in [2.24, 2.45) is 5.92 Å². The van der Waals surface area contributed by atoms with Crippen LogP contribution in [0.5, 0.6) is 0 Å². The first-order valence-corrected chi connectivity index (χ1v) is 7.93. The molecule has 0 unspecified atom stereocenters. The van der Waals surface area contributed by atoms with Gasteiger partial charge in [0.25, 0.3) is 5.91 Å². The predicted octanol–water partition coefficient (Wildman–Crippen LogP) is 3.14. The Morgan fingerprint density at radius 2 is 2.35 bits per heavy atom. The summed E-state index contributed by atoms with van der Waals surface area (Å²) in [5.74, 6) is 0.778. The summed E-state index contributed by atoms with van der Waals surface area (Å²) in [6.07, 6.45) is 6.97. The zero-order valence-electron chi connectivity index (χ0n) is 11.6. The molecule has 0 bridgehead atoms. The fraction of sp³-hybridized carbons (Fsp3) is 0.467. The number of fused-ring (bicyclic) bond motifs is 1. The van der Waals surface area contributed by atoms with Crippen LogP contribution in [-0.2, 0) is 0 Å². The highest BCUT2D eigenvalue weighted by molar-refractivity contribution is 7.21. The van der Waals surface area contributed by atoms with Crippen LogP contribution in [0.4, 0.5) is 5.69 Å². The van der Waals surface area contributed by atoms with Gasteiger partial charge in [0.1, 0.15) is 4.88 Å². The highest BCUT2D eigenvalue weighted by atomic mass is 32.1. The molecule has 0 aliphatic heterocycles. The van der Waals surface area contributed by atoms with Crippen molar-refractivity contribution in [1.82, 2.24) is 9.88 Å². The molecule has 20 heavy (non-hydrogen) atoms. The minimum absolute atomic E-state index is 0.0810. The lowest BCUT2D eigenvalue weighted by Crippen LogP contribution is -2.33. The lowest BCUT2D eigenvalue weighted by Gasteiger charge is -2.21. The zero-order valence-corrected chi connectivity index (χ0v) is 12.4. The Morgan fingerprint density at radius 3 is 3.00 bits per heavy atom. The molecule has 2 aromatic heterocycles. The summed E-state index contributed by atoms with van der Waals surface area (Å²) in [5.41, 5.74) is 6.76. The fourth-order valence-corrected chi connectivity index (χ4v) is 3.49. The molecule has 2 heterocycles. The smallest absolute Gasteiger partial charge is 0.266 e.